The van der Waals surface area contributed by atoms with Gasteiger partial charge in [0.1, 0.15) is 0 Å². The number of nitrogens with one attached hydrogen (secondary N) is 1. The predicted molar refractivity (Wildman–Crippen MR) is 87.5 cm³/mol. The summed E-state index contributed by atoms with van der Waals surface area (Å²) in [5.41, 5.74) is 3.27. The van der Waals surface area contributed by atoms with Crippen molar-refractivity contribution in [2.24, 2.45) is 5.41 Å². The Morgan fingerprint density at radius 1 is 1.24 bits per heavy atom. The standard InChI is InChI=1S/C19H29NO/c1-4-15-7-9-16(10-8-15)14(3)20-17-13-18(21-5-2)19(17)11-6-12-19/h7-10,14,17-18,20H,4-6,11-13H2,1-3H3. The number of hydrogen-bond donors (Lipinski definition) is 1. The Bertz CT molecular complexity index is 463. The highest BCUT2D eigenvalue weighted by Gasteiger charge is 2.58. The molecule has 0 saturated heterocycles. The van der Waals surface area contributed by atoms with Crippen LogP contribution in [-0.2, 0) is 11.2 Å². The van der Waals surface area contributed by atoms with Gasteiger partial charge in [-0.3, -0.25) is 0 Å². The molecule has 2 saturated carbocycles. The maximum Gasteiger partial charge on any atom is 0.0661 e. The second-order valence-corrected chi connectivity index (χ2v) is 6.80. The van der Waals surface area contributed by atoms with E-state index in [0.29, 0.717) is 23.6 Å². The first-order chi connectivity index (χ1) is 10.2. The van der Waals surface area contributed by atoms with Crippen LogP contribution in [0.15, 0.2) is 24.3 Å². The number of rotatable bonds is 6. The monoisotopic (exact) mass is 287 g/mol. The van der Waals surface area contributed by atoms with E-state index in [4.69, 9.17) is 4.74 Å². The smallest absolute Gasteiger partial charge is 0.0661 e. The van der Waals surface area contributed by atoms with Gasteiger partial charge in [-0.1, -0.05) is 37.6 Å². The lowest BCUT2D eigenvalue weighted by molar-refractivity contribution is -0.174. The van der Waals surface area contributed by atoms with Gasteiger partial charge in [0.2, 0.25) is 0 Å². The molecule has 3 rings (SSSR count). The third kappa shape index (κ3) is 2.64. The first kappa shape index (κ1) is 15.1. The first-order valence-corrected chi connectivity index (χ1v) is 8.66. The van der Waals surface area contributed by atoms with Crippen LogP contribution in [0.2, 0.25) is 0 Å². The van der Waals surface area contributed by atoms with E-state index in [1.54, 1.807) is 0 Å². The molecule has 1 aromatic rings. The summed E-state index contributed by atoms with van der Waals surface area (Å²) in [5, 5.41) is 3.87. The minimum absolute atomic E-state index is 0.431. The predicted octanol–water partition coefficient (Wildman–Crippen LogP) is 4.25. The maximum atomic E-state index is 5.94. The van der Waals surface area contributed by atoms with E-state index in [-0.39, 0.29) is 0 Å². The van der Waals surface area contributed by atoms with Crippen LogP contribution in [0.5, 0.6) is 0 Å². The SMILES string of the molecule is CCOC1CC(NC(C)c2ccc(CC)cc2)C12CCC2. The van der Waals surface area contributed by atoms with Crippen LogP contribution in [0.1, 0.15) is 63.6 Å². The van der Waals surface area contributed by atoms with Gasteiger partial charge in [-0.05, 0) is 50.7 Å². The summed E-state index contributed by atoms with van der Waals surface area (Å²) in [5.74, 6) is 0. The molecule has 2 aliphatic rings. The number of aryl methyl sites for hydroxylation is 1. The molecule has 0 bridgehead atoms. The summed E-state index contributed by atoms with van der Waals surface area (Å²) in [4.78, 5) is 0. The summed E-state index contributed by atoms with van der Waals surface area (Å²) >= 11 is 0. The maximum absolute atomic E-state index is 5.94. The molecule has 2 nitrogen and oxygen atoms in total. The summed E-state index contributed by atoms with van der Waals surface area (Å²) in [6.07, 6.45) is 6.87. The zero-order valence-electron chi connectivity index (χ0n) is 13.7. The fourth-order valence-electron chi connectivity index (χ4n) is 4.11. The highest BCUT2D eigenvalue weighted by molar-refractivity contribution is 5.25. The molecular weight excluding hydrogens is 258 g/mol. The Kier molecular flexibility index (Phi) is 4.37. The quantitative estimate of drug-likeness (QED) is 0.844. The lowest BCUT2D eigenvalue weighted by Gasteiger charge is -2.61. The van der Waals surface area contributed by atoms with Gasteiger partial charge < -0.3 is 10.1 Å². The van der Waals surface area contributed by atoms with E-state index >= 15 is 0 Å². The van der Waals surface area contributed by atoms with Crippen LogP contribution >= 0.6 is 0 Å². The molecule has 1 spiro atoms. The van der Waals surface area contributed by atoms with Crippen molar-refractivity contribution in [3.05, 3.63) is 35.4 Å². The zero-order chi connectivity index (χ0) is 14.9. The third-order valence-corrected chi connectivity index (χ3v) is 5.78. The van der Waals surface area contributed by atoms with Crippen molar-refractivity contribution in [2.45, 2.75) is 71.1 Å². The second-order valence-electron chi connectivity index (χ2n) is 6.80. The Morgan fingerprint density at radius 2 is 1.95 bits per heavy atom. The van der Waals surface area contributed by atoms with E-state index in [9.17, 15) is 0 Å². The van der Waals surface area contributed by atoms with Crippen molar-refractivity contribution in [2.75, 3.05) is 6.61 Å². The van der Waals surface area contributed by atoms with Crippen molar-refractivity contribution in [3.63, 3.8) is 0 Å². The molecule has 3 atom stereocenters. The van der Waals surface area contributed by atoms with E-state index < -0.39 is 0 Å². The third-order valence-electron chi connectivity index (χ3n) is 5.78. The molecular formula is C19H29NO. The molecule has 3 unspecified atom stereocenters. The molecule has 0 amide bonds. The molecule has 0 aliphatic heterocycles. The van der Waals surface area contributed by atoms with Crippen LogP contribution in [0.25, 0.3) is 0 Å². The summed E-state index contributed by atoms with van der Waals surface area (Å²) in [6.45, 7) is 7.47. The van der Waals surface area contributed by atoms with Gasteiger partial charge in [0.05, 0.1) is 6.10 Å². The van der Waals surface area contributed by atoms with Crippen LogP contribution in [0, 0.1) is 5.41 Å². The molecule has 2 fully saturated rings. The highest BCUT2D eigenvalue weighted by atomic mass is 16.5. The van der Waals surface area contributed by atoms with Gasteiger partial charge in [0, 0.05) is 24.1 Å². The Balaban J connectivity index is 1.61. The van der Waals surface area contributed by atoms with Gasteiger partial charge in [-0.15, -0.1) is 0 Å². The van der Waals surface area contributed by atoms with Crippen LogP contribution < -0.4 is 5.32 Å². The lowest BCUT2D eigenvalue weighted by atomic mass is 9.51. The molecule has 1 aromatic carbocycles. The molecule has 2 heteroatoms. The fourth-order valence-corrected chi connectivity index (χ4v) is 4.11. The number of ether oxygens (including phenoxy) is 1. The van der Waals surface area contributed by atoms with Crippen LogP contribution in [-0.4, -0.2) is 18.8 Å². The van der Waals surface area contributed by atoms with Gasteiger partial charge in [0.25, 0.3) is 0 Å². The summed E-state index contributed by atoms with van der Waals surface area (Å²) < 4.78 is 5.94. The highest BCUT2D eigenvalue weighted by Crippen LogP contribution is 2.57. The molecule has 0 aromatic heterocycles. The van der Waals surface area contributed by atoms with E-state index in [2.05, 4.69) is 50.4 Å². The summed E-state index contributed by atoms with van der Waals surface area (Å²) in [6, 6.07) is 10.2. The van der Waals surface area contributed by atoms with E-state index in [1.807, 2.05) is 0 Å². The van der Waals surface area contributed by atoms with E-state index in [0.717, 1.165) is 13.0 Å². The zero-order valence-corrected chi connectivity index (χ0v) is 13.7. The fraction of sp³-hybridized carbons (Fsp3) is 0.684. The van der Waals surface area contributed by atoms with Crippen molar-refractivity contribution in [1.29, 1.82) is 0 Å². The molecule has 0 heterocycles. The molecule has 0 radical (unpaired) electrons. The van der Waals surface area contributed by atoms with E-state index in [1.165, 1.54) is 36.8 Å². The van der Waals surface area contributed by atoms with Gasteiger partial charge in [-0.2, -0.15) is 0 Å². The molecule has 2 aliphatic carbocycles. The first-order valence-electron chi connectivity index (χ1n) is 8.66. The minimum Gasteiger partial charge on any atom is -0.378 e. The second kappa shape index (κ2) is 6.10. The topological polar surface area (TPSA) is 21.3 Å². The minimum atomic E-state index is 0.431. The number of benzene rings is 1. The van der Waals surface area contributed by atoms with Crippen LogP contribution in [0.4, 0.5) is 0 Å². The Hall–Kier alpha value is -0.860. The van der Waals surface area contributed by atoms with Crippen LogP contribution in [0.3, 0.4) is 0 Å². The van der Waals surface area contributed by atoms with Gasteiger partial charge in [0.15, 0.2) is 0 Å². The largest absolute Gasteiger partial charge is 0.378 e. The normalized spacial score (nSPS) is 28.0. The molecule has 116 valence electrons. The van der Waals surface area contributed by atoms with Crippen molar-refractivity contribution in [3.8, 4) is 0 Å². The average Bonchev–Trinajstić information content (AvgIpc) is 2.44. The van der Waals surface area contributed by atoms with Gasteiger partial charge >= 0.3 is 0 Å². The average molecular weight is 287 g/mol. The lowest BCUT2D eigenvalue weighted by Crippen LogP contribution is -2.67. The van der Waals surface area contributed by atoms with Crippen molar-refractivity contribution < 1.29 is 4.74 Å². The van der Waals surface area contributed by atoms with Crippen molar-refractivity contribution in [1.82, 2.24) is 5.32 Å². The Labute approximate surface area is 129 Å². The molecule has 21 heavy (non-hydrogen) atoms. The molecule has 1 N–H and O–H groups in total. The Morgan fingerprint density at radius 3 is 2.48 bits per heavy atom. The van der Waals surface area contributed by atoms with Gasteiger partial charge in [-0.25, -0.2) is 0 Å². The van der Waals surface area contributed by atoms with Crippen molar-refractivity contribution >= 4 is 0 Å². The number of hydrogen-bond acceptors (Lipinski definition) is 2. The summed E-state index contributed by atoms with van der Waals surface area (Å²) in [7, 11) is 0.